The molecule has 2 atom stereocenters. The number of hydrogen-bond donors (Lipinski definition) is 3. The highest BCUT2D eigenvalue weighted by Crippen LogP contribution is 2.25. The van der Waals surface area contributed by atoms with Crippen LogP contribution in [0.3, 0.4) is 0 Å². The fourth-order valence-corrected chi connectivity index (χ4v) is 2.44. The van der Waals surface area contributed by atoms with Crippen molar-refractivity contribution in [3.8, 4) is 0 Å². The summed E-state index contributed by atoms with van der Waals surface area (Å²) in [5.41, 5.74) is 1.71. The topological polar surface area (TPSA) is 91.3 Å². The van der Waals surface area contributed by atoms with Gasteiger partial charge in [0, 0.05) is 11.7 Å². The Hall–Kier alpha value is -2.11. The first kappa shape index (κ1) is 14.3. The van der Waals surface area contributed by atoms with Crippen LogP contribution in [0.5, 0.6) is 0 Å². The van der Waals surface area contributed by atoms with E-state index in [1.165, 1.54) is 0 Å². The molecule has 0 radical (unpaired) electrons. The van der Waals surface area contributed by atoms with Gasteiger partial charge in [-0.15, -0.1) is 0 Å². The van der Waals surface area contributed by atoms with E-state index in [4.69, 9.17) is 5.11 Å². The maximum atomic E-state index is 11.7. The monoisotopic (exact) mass is 277 g/mol. The van der Waals surface area contributed by atoms with E-state index in [0.717, 1.165) is 11.4 Å². The van der Waals surface area contributed by atoms with E-state index in [9.17, 15) is 9.59 Å². The van der Waals surface area contributed by atoms with E-state index in [1.807, 2.05) is 25.1 Å². The van der Waals surface area contributed by atoms with E-state index in [-0.39, 0.29) is 18.0 Å². The van der Waals surface area contributed by atoms with E-state index in [1.54, 1.807) is 0 Å². The normalized spacial score (nSPS) is 21.4. The van der Waals surface area contributed by atoms with Gasteiger partial charge in [-0.1, -0.05) is 6.07 Å². The quantitative estimate of drug-likeness (QED) is 0.776. The molecule has 20 heavy (non-hydrogen) atoms. The molecule has 1 aliphatic rings. The summed E-state index contributed by atoms with van der Waals surface area (Å²) in [6.45, 7) is 2.26. The lowest BCUT2D eigenvalue weighted by molar-refractivity contribution is -0.141. The van der Waals surface area contributed by atoms with Crippen molar-refractivity contribution in [2.24, 2.45) is 5.92 Å². The number of aromatic nitrogens is 1. The predicted octanol–water partition coefficient (Wildman–Crippen LogP) is 1.44. The van der Waals surface area contributed by atoms with Gasteiger partial charge in [0.2, 0.25) is 0 Å². The van der Waals surface area contributed by atoms with Gasteiger partial charge in [0.05, 0.1) is 18.2 Å². The standard InChI is InChI=1S/C14H19N3O3/c1-9-3-2-4-12(16-9)8-15-14(20)17-11-6-5-10(7-11)13(18)19/h2-4,10-11H,5-8H2,1H3,(H,18,19)(H2,15,17,20)/t10-,11+/m1/s1. The van der Waals surface area contributed by atoms with Crippen molar-refractivity contribution >= 4 is 12.0 Å². The Morgan fingerprint density at radius 2 is 2.20 bits per heavy atom. The van der Waals surface area contributed by atoms with Gasteiger partial charge in [-0.25, -0.2) is 4.79 Å². The van der Waals surface area contributed by atoms with Crippen LogP contribution in [0.15, 0.2) is 18.2 Å². The summed E-state index contributed by atoms with van der Waals surface area (Å²) in [6, 6.07) is 5.31. The molecule has 0 bridgehead atoms. The van der Waals surface area contributed by atoms with Gasteiger partial charge in [-0.2, -0.15) is 0 Å². The molecule has 0 aliphatic heterocycles. The minimum Gasteiger partial charge on any atom is -0.481 e. The molecule has 1 heterocycles. The molecule has 0 spiro atoms. The van der Waals surface area contributed by atoms with E-state index in [0.29, 0.717) is 25.8 Å². The summed E-state index contributed by atoms with van der Waals surface area (Å²) in [5, 5.41) is 14.5. The number of carboxylic acids is 1. The minimum absolute atomic E-state index is 0.0541. The van der Waals surface area contributed by atoms with Gasteiger partial charge in [0.15, 0.2) is 0 Å². The number of amides is 2. The van der Waals surface area contributed by atoms with Crippen LogP contribution in [0.4, 0.5) is 4.79 Å². The van der Waals surface area contributed by atoms with Crippen molar-refractivity contribution in [1.29, 1.82) is 0 Å². The van der Waals surface area contributed by atoms with Crippen molar-refractivity contribution < 1.29 is 14.7 Å². The Kier molecular flexibility index (Phi) is 4.55. The zero-order valence-corrected chi connectivity index (χ0v) is 11.4. The number of carbonyl (C=O) groups excluding carboxylic acids is 1. The summed E-state index contributed by atoms with van der Waals surface area (Å²) in [7, 11) is 0. The highest BCUT2D eigenvalue weighted by atomic mass is 16.4. The first-order valence-electron chi connectivity index (χ1n) is 6.74. The average molecular weight is 277 g/mol. The second-order valence-corrected chi connectivity index (χ2v) is 5.14. The maximum Gasteiger partial charge on any atom is 0.315 e. The number of urea groups is 1. The SMILES string of the molecule is Cc1cccc(CNC(=O)N[C@H]2CC[C@@H](C(=O)O)C2)n1. The van der Waals surface area contributed by atoms with Crippen LogP contribution in [0.2, 0.25) is 0 Å². The molecule has 2 rings (SSSR count). The number of aryl methyl sites for hydroxylation is 1. The highest BCUT2D eigenvalue weighted by molar-refractivity contribution is 5.75. The molecule has 1 saturated carbocycles. The van der Waals surface area contributed by atoms with Crippen molar-refractivity contribution in [3.63, 3.8) is 0 Å². The molecule has 1 aromatic rings. The molecule has 108 valence electrons. The molecule has 0 unspecified atom stereocenters. The lowest BCUT2D eigenvalue weighted by atomic mass is 10.1. The van der Waals surface area contributed by atoms with Gasteiger partial charge in [0.1, 0.15) is 0 Å². The van der Waals surface area contributed by atoms with Crippen LogP contribution in [-0.2, 0) is 11.3 Å². The van der Waals surface area contributed by atoms with Gasteiger partial charge < -0.3 is 15.7 Å². The third kappa shape index (κ3) is 3.94. The van der Waals surface area contributed by atoms with Gasteiger partial charge >= 0.3 is 12.0 Å². The van der Waals surface area contributed by atoms with Crippen LogP contribution in [0, 0.1) is 12.8 Å². The third-order valence-electron chi connectivity index (χ3n) is 3.49. The van der Waals surface area contributed by atoms with Crippen LogP contribution >= 0.6 is 0 Å². The Bertz CT molecular complexity index is 504. The number of pyridine rings is 1. The van der Waals surface area contributed by atoms with Crippen LogP contribution < -0.4 is 10.6 Å². The molecular weight excluding hydrogens is 258 g/mol. The summed E-state index contributed by atoms with van der Waals surface area (Å²) >= 11 is 0. The van der Waals surface area contributed by atoms with Crippen LogP contribution in [-0.4, -0.2) is 28.1 Å². The van der Waals surface area contributed by atoms with E-state index < -0.39 is 5.97 Å². The molecule has 1 fully saturated rings. The maximum absolute atomic E-state index is 11.7. The Balaban J connectivity index is 1.75. The molecule has 6 heteroatoms. The molecule has 0 saturated heterocycles. The number of nitrogens with one attached hydrogen (secondary N) is 2. The number of carboxylic acid groups (broad SMARTS) is 1. The number of carbonyl (C=O) groups is 2. The Labute approximate surface area is 117 Å². The fourth-order valence-electron chi connectivity index (χ4n) is 2.44. The molecule has 6 nitrogen and oxygen atoms in total. The third-order valence-corrected chi connectivity index (χ3v) is 3.49. The zero-order valence-electron chi connectivity index (χ0n) is 11.4. The van der Waals surface area contributed by atoms with Crippen molar-refractivity contribution in [3.05, 3.63) is 29.6 Å². The number of aliphatic carboxylic acids is 1. The average Bonchev–Trinajstić information content (AvgIpc) is 2.85. The zero-order chi connectivity index (χ0) is 14.5. The molecule has 1 aromatic heterocycles. The molecule has 0 aromatic carbocycles. The molecule has 2 amide bonds. The van der Waals surface area contributed by atoms with Crippen LogP contribution in [0.1, 0.15) is 30.7 Å². The van der Waals surface area contributed by atoms with Gasteiger partial charge in [-0.05, 0) is 38.3 Å². The second kappa shape index (κ2) is 6.36. The highest BCUT2D eigenvalue weighted by Gasteiger charge is 2.30. The Morgan fingerprint density at radius 3 is 2.85 bits per heavy atom. The molecule has 1 aliphatic carbocycles. The van der Waals surface area contributed by atoms with Crippen molar-refractivity contribution in [1.82, 2.24) is 15.6 Å². The van der Waals surface area contributed by atoms with Gasteiger partial charge in [-0.3, -0.25) is 9.78 Å². The van der Waals surface area contributed by atoms with Gasteiger partial charge in [0.25, 0.3) is 0 Å². The van der Waals surface area contributed by atoms with E-state index in [2.05, 4.69) is 15.6 Å². The number of nitrogens with zero attached hydrogens (tertiary/aromatic N) is 1. The first-order valence-corrected chi connectivity index (χ1v) is 6.74. The van der Waals surface area contributed by atoms with Crippen molar-refractivity contribution in [2.45, 2.75) is 38.8 Å². The first-order chi connectivity index (χ1) is 9.54. The number of hydrogen-bond acceptors (Lipinski definition) is 3. The summed E-state index contributed by atoms with van der Waals surface area (Å²) in [5.74, 6) is -1.11. The lowest BCUT2D eigenvalue weighted by Gasteiger charge is -2.13. The lowest BCUT2D eigenvalue weighted by Crippen LogP contribution is -2.41. The van der Waals surface area contributed by atoms with Crippen LogP contribution in [0.25, 0.3) is 0 Å². The summed E-state index contributed by atoms with van der Waals surface area (Å²) in [6.07, 6.45) is 1.85. The van der Waals surface area contributed by atoms with Crippen molar-refractivity contribution in [2.75, 3.05) is 0 Å². The summed E-state index contributed by atoms with van der Waals surface area (Å²) < 4.78 is 0. The minimum atomic E-state index is -0.779. The fraction of sp³-hybridized carbons (Fsp3) is 0.500. The Morgan fingerprint density at radius 1 is 1.40 bits per heavy atom. The second-order valence-electron chi connectivity index (χ2n) is 5.14. The largest absolute Gasteiger partial charge is 0.481 e. The summed E-state index contributed by atoms with van der Waals surface area (Å²) in [4.78, 5) is 26.9. The smallest absolute Gasteiger partial charge is 0.315 e. The van der Waals surface area contributed by atoms with E-state index >= 15 is 0 Å². The number of rotatable bonds is 4. The molecular formula is C14H19N3O3. The predicted molar refractivity (Wildman–Crippen MR) is 73.1 cm³/mol. The molecule has 3 N–H and O–H groups in total.